The first-order chi connectivity index (χ1) is 13.2. The van der Waals surface area contributed by atoms with Gasteiger partial charge < -0.3 is 14.5 Å². The number of allylic oxidation sites excluding steroid dienone is 1. The molecule has 0 radical (unpaired) electrons. The Hall–Kier alpha value is -1.92. The molecule has 0 spiro atoms. The summed E-state index contributed by atoms with van der Waals surface area (Å²) in [4.78, 5) is 9.18. The summed E-state index contributed by atoms with van der Waals surface area (Å²) in [6.45, 7) is 14.3. The molecule has 1 saturated heterocycles. The van der Waals surface area contributed by atoms with Crippen molar-refractivity contribution in [3.8, 4) is 0 Å². The van der Waals surface area contributed by atoms with Crippen LogP contribution in [0.2, 0.25) is 0 Å². The summed E-state index contributed by atoms with van der Waals surface area (Å²) < 4.78 is 18.7. The molecular formula is C21H30FN3OS. The molecule has 1 aromatic heterocycles. The van der Waals surface area contributed by atoms with Crippen molar-refractivity contribution in [3.63, 3.8) is 0 Å². The molecule has 2 aromatic rings. The molecule has 4 nitrogen and oxygen atoms in total. The largest absolute Gasteiger partial charge is 0.378 e. The monoisotopic (exact) mass is 391 g/mol. The fraction of sp³-hybridized carbons (Fsp3) is 0.476. The van der Waals surface area contributed by atoms with Gasteiger partial charge in [0.25, 0.3) is 0 Å². The van der Waals surface area contributed by atoms with Crippen LogP contribution in [0.1, 0.15) is 39.3 Å². The molecule has 148 valence electrons. The van der Waals surface area contributed by atoms with Gasteiger partial charge in [-0.3, -0.25) is 0 Å². The summed E-state index contributed by atoms with van der Waals surface area (Å²) in [5, 5.41) is 3.14. The smallest absolute Gasteiger partial charge is 0.185 e. The number of ether oxygens (including phenoxy) is 1. The van der Waals surface area contributed by atoms with E-state index in [4.69, 9.17) is 9.72 Å². The number of morpholine rings is 1. The minimum atomic E-state index is -0.229. The molecule has 0 atom stereocenters. The van der Waals surface area contributed by atoms with Gasteiger partial charge in [0.15, 0.2) is 5.13 Å². The molecule has 0 unspecified atom stereocenters. The Morgan fingerprint density at radius 1 is 1.26 bits per heavy atom. The van der Waals surface area contributed by atoms with Crippen LogP contribution in [0.4, 0.5) is 15.2 Å². The van der Waals surface area contributed by atoms with E-state index < -0.39 is 0 Å². The van der Waals surface area contributed by atoms with Crippen molar-refractivity contribution in [1.29, 1.82) is 0 Å². The zero-order chi connectivity index (χ0) is 19.6. The van der Waals surface area contributed by atoms with Crippen molar-refractivity contribution >= 4 is 22.2 Å². The maximum atomic E-state index is 13.3. The Kier molecular flexibility index (Phi) is 8.75. The Bertz CT molecular complexity index is 696. The molecule has 0 N–H and O–H groups in total. The molecule has 27 heavy (non-hydrogen) atoms. The van der Waals surface area contributed by atoms with E-state index in [2.05, 4.69) is 28.7 Å². The lowest BCUT2D eigenvalue weighted by molar-refractivity contribution is 0.122. The van der Waals surface area contributed by atoms with E-state index in [9.17, 15) is 4.39 Å². The number of hydrogen-bond donors (Lipinski definition) is 0. The number of aromatic nitrogens is 1. The lowest BCUT2D eigenvalue weighted by Gasteiger charge is -2.27. The van der Waals surface area contributed by atoms with Crippen molar-refractivity contribution in [2.24, 2.45) is 0 Å². The molecule has 0 aliphatic carbocycles. The highest BCUT2D eigenvalue weighted by Gasteiger charge is 2.17. The molecule has 3 rings (SSSR count). The van der Waals surface area contributed by atoms with Gasteiger partial charge in [-0.2, -0.15) is 0 Å². The van der Waals surface area contributed by atoms with Crippen LogP contribution in [-0.4, -0.2) is 31.3 Å². The number of hydrogen-bond acceptors (Lipinski definition) is 5. The molecule has 6 heteroatoms. The summed E-state index contributed by atoms with van der Waals surface area (Å²) in [7, 11) is 0. The molecule has 0 bridgehead atoms. The van der Waals surface area contributed by atoms with Gasteiger partial charge in [-0.15, -0.1) is 11.3 Å². The zero-order valence-electron chi connectivity index (χ0n) is 16.6. The summed E-state index contributed by atoms with van der Waals surface area (Å²) in [5.74, 6) is -0.229. The first kappa shape index (κ1) is 21.4. The minimum absolute atomic E-state index is 0.229. The average molecular weight is 392 g/mol. The second-order valence-corrected chi connectivity index (χ2v) is 6.94. The summed E-state index contributed by atoms with van der Waals surface area (Å²) in [6.07, 6.45) is 1.92. The standard InChI is InChI=1S/C19H24FN3OS.C2H6/c1-3-4-15(2)23(18-7-5-16(20)6-8-18)13-17-14-25-19(21-17)22-9-11-24-12-10-22;1-2/h5-8,14H,2-4,9-13H2,1H3;1-2H3. The summed E-state index contributed by atoms with van der Waals surface area (Å²) in [5.41, 5.74) is 2.98. The Morgan fingerprint density at radius 2 is 1.93 bits per heavy atom. The number of anilines is 2. The van der Waals surface area contributed by atoms with Gasteiger partial charge >= 0.3 is 0 Å². The van der Waals surface area contributed by atoms with Crippen LogP contribution < -0.4 is 9.80 Å². The molecule has 1 aliphatic rings. The third kappa shape index (κ3) is 6.04. The second-order valence-electron chi connectivity index (χ2n) is 6.10. The van der Waals surface area contributed by atoms with Crippen LogP contribution >= 0.6 is 11.3 Å². The van der Waals surface area contributed by atoms with Gasteiger partial charge in [0.1, 0.15) is 5.82 Å². The summed E-state index contributed by atoms with van der Waals surface area (Å²) >= 11 is 1.66. The van der Waals surface area contributed by atoms with Gasteiger partial charge in [0, 0.05) is 29.9 Å². The van der Waals surface area contributed by atoms with Crippen LogP contribution in [-0.2, 0) is 11.3 Å². The van der Waals surface area contributed by atoms with Crippen LogP contribution in [0.15, 0.2) is 41.9 Å². The van der Waals surface area contributed by atoms with E-state index in [1.807, 2.05) is 13.8 Å². The molecular weight excluding hydrogens is 361 g/mol. The van der Waals surface area contributed by atoms with Crippen molar-refractivity contribution in [3.05, 3.63) is 53.4 Å². The van der Waals surface area contributed by atoms with Crippen LogP contribution in [0.3, 0.4) is 0 Å². The highest BCUT2D eigenvalue weighted by atomic mass is 32.1. The maximum Gasteiger partial charge on any atom is 0.185 e. The Morgan fingerprint density at radius 3 is 2.56 bits per heavy atom. The van der Waals surface area contributed by atoms with Crippen LogP contribution in [0.25, 0.3) is 0 Å². The van der Waals surface area contributed by atoms with E-state index >= 15 is 0 Å². The van der Waals surface area contributed by atoms with Crippen molar-refractivity contribution in [2.75, 3.05) is 36.1 Å². The fourth-order valence-corrected chi connectivity index (χ4v) is 3.73. The third-order valence-electron chi connectivity index (χ3n) is 4.20. The lowest BCUT2D eigenvalue weighted by atomic mass is 10.2. The fourth-order valence-electron chi connectivity index (χ4n) is 2.86. The zero-order valence-corrected chi connectivity index (χ0v) is 17.4. The molecule has 1 aliphatic heterocycles. The van der Waals surface area contributed by atoms with E-state index in [1.165, 1.54) is 12.1 Å². The second kappa shape index (κ2) is 11.0. The first-order valence-corrected chi connectivity index (χ1v) is 10.5. The van der Waals surface area contributed by atoms with E-state index in [0.29, 0.717) is 6.54 Å². The van der Waals surface area contributed by atoms with Gasteiger partial charge in [-0.25, -0.2) is 9.37 Å². The molecule has 0 saturated carbocycles. The minimum Gasteiger partial charge on any atom is -0.378 e. The lowest BCUT2D eigenvalue weighted by Crippen LogP contribution is -2.36. The highest BCUT2D eigenvalue weighted by Crippen LogP contribution is 2.27. The van der Waals surface area contributed by atoms with Crippen LogP contribution in [0.5, 0.6) is 0 Å². The van der Waals surface area contributed by atoms with E-state index in [0.717, 1.165) is 61.4 Å². The van der Waals surface area contributed by atoms with Crippen molar-refractivity contribution < 1.29 is 9.13 Å². The van der Waals surface area contributed by atoms with Crippen molar-refractivity contribution in [2.45, 2.75) is 40.2 Å². The Labute approximate surface area is 166 Å². The molecule has 1 aromatic carbocycles. The normalized spacial score (nSPS) is 13.7. The predicted molar refractivity (Wildman–Crippen MR) is 113 cm³/mol. The quantitative estimate of drug-likeness (QED) is 0.626. The Balaban J connectivity index is 0.00000126. The summed E-state index contributed by atoms with van der Waals surface area (Å²) in [6, 6.07) is 6.57. The maximum absolute atomic E-state index is 13.3. The van der Waals surface area contributed by atoms with Gasteiger partial charge in [-0.05, 0) is 30.7 Å². The SMILES string of the molecule is C=C(CCC)N(Cc1csc(N2CCOCC2)n1)c1ccc(F)cc1.CC. The first-order valence-electron chi connectivity index (χ1n) is 9.65. The highest BCUT2D eigenvalue weighted by molar-refractivity contribution is 7.13. The van der Waals surface area contributed by atoms with Crippen molar-refractivity contribution in [1.82, 2.24) is 4.98 Å². The molecule has 1 fully saturated rings. The average Bonchev–Trinajstić information content (AvgIpc) is 3.18. The van der Waals surface area contributed by atoms with E-state index in [1.54, 1.807) is 23.5 Å². The number of thiazole rings is 1. The van der Waals surface area contributed by atoms with Gasteiger partial charge in [-0.1, -0.05) is 33.8 Å². The molecule has 2 heterocycles. The number of benzene rings is 1. The topological polar surface area (TPSA) is 28.6 Å². The van der Waals surface area contributed by atoms with Gasteiger partial charge in [0.05, 0.1) is 25.5 Å². The van der Waals surface area contributed by atoms with Crippen LogP contribution in [0, 0.1) is 5.82 Å². The molecule has 0 amide bonds. The van der Waals surface area contributed by atoms with Gasteiger partial charge in [0.2, 0.25) is 0 Å². The third-order valence-corrected chi connectivity index (χ3v) is 5.15. The van der Waals surface area contributed by atoms with E-state index in [-0.39, 0.29) is 5.82 Å². The number of nitrogens with zero attached hydrogens (tertiary/aromatic N) is 3. The number of halogens is 1. The number of rotatable bonds is 7. The predicted octanol–water partition coefficient (Wildman–Crippen LogP) is 5.47.